The predicted octanol–water partition coefficient (Wildman–Crippen LogP) is 2.80. The van der Waals surface area contributed by atoms with Crippen LogP contribution < -0.4 is 5.32 Å². The lowest BCUT2D eigenvalue weighted by atomic mass is 9.88. The van der Waals surface area contributed by atoms with Crippen LogP contribution in [0.3, 0.4) is 0 Å². The van der Waals surface area contributed by atoms with E-state index >= 15 is 0 Å². The summed E-state index contributed by atoms with van der Waals surface area (Å²) in [6.07, 6.45) is 0.868. The summed E-state index contributed by atoms with van der Waals surface area (Å²) >= 11 is 0. The Labute approximate surface area is 124 Å². The van der Waals surface area contributed by atoms with Crippen molar-refractivity contribution in [3.8, 4) is 11.5 Å². The van der Waals surface area contributed by atoms with Gasteiger partial charge in [0.15, 0.2) is 11.5 Å². The Balaban J connectivity index is 0.00000147. The molecule has 0 saturated heterocycles. The van der Waals surface area contributed by atoms with Gasteiger partial charge in [-0.05, 0) is 41.8 Å². The molecule has 1 unspecified atom stereocenters. The van der Waals surface area contributed by atoms with Gasteiger partial charge in [-0.3, -0.25) is 0 Å². The number of hydrogen-bond donors (Lipinski definition) is 3. The van der Waals surface area contributed by atoms with Gasteiger partial charge in [0, 0.05) is 12.5 Å². The van der Waals surface area contributed by atoms with Crippen molar-refractivity contribution in [2.45, 2.75) is 12.3 Å². The lowest BCUT2D eigenvalue weighted by molar-refractivity contribution is 0.402. The van der Waals surface area contributed by atoms with Crippen LogP contribution in [0.25, 0.3) is 0 Å². The Bertz CT molecular complexity index is 587. The molecule has 0 aliphatic carbocycles. The van der Waals surface area contributed by atoms with Crippen LogP contribution in [0.15, 0.2) is 42.5 Å². The minimum atomic E-state index is -0.0402. The molecule has 20 heavy (non-hydrogen) atoms. The monoisotopic (exact) mass is 291 g/mol. The molecule has 3 N–H and O–H groups in total. The second-order valence-corrected chi connectivity index (χ2v) is 4.96. The van der Waals surface area contributed by atoms with E-state index in [2.05, 4.69) is 17.4 Å². The maximum absolute atomic E-state index is 9.76. The van der Waals surface area contributed by atoms with Crippen molar-refractivity contribution in [3.05, 3.63) is 59.2 Å². The number of hydrogen-bond acceptors (Lipinski definition) is 3. The number of fused-ring (bicyclic) bond motifs is 1. The molecule has 1 aliphatic heterocycles. The number of benzene rings is 2. The molecular weight excluding hydrogens is 274 g/mol. The number of halogens is 1. The lowest BCUT2D eigenvalue weighted by Crippen LogP contribution is -2.20. The van der Waals surface area contributed by atoms with Crippen LogP contribution in [0.5, 0.6) is 11.5 Å². The van der Waals surface area contributed by atoms with E-state index in [0.29, 0.717) is 0 Å². The third-order valence-corrected chi connectivity index (χ3v) is 3.73. The molecule has 106 valence electrons. The highest BCUT2D eigenvalue weighted by molar-refractivity contribution is 5.85. The lowest BCUT2D eigenvalue weighted by Gasteiger charge is -2.18. The van der Waals surface area contributed by atoms with Crippen LogP contribution in [0.1, 0.15) is 22.6 Å². The van der Waals surface area contributed by atoms with Gasteiger partial charge in [-0.15, -0.1) is 12.4 Å². The molecule has 4 heteroatoms. The minimum Gasteiger partial charge on any atom is -0.504 e. The number of aromatic hydroxyl groups is 2. The van der Waals surface area contributed by atoms with Gasteiger partial charge < -0.3 is 15.5 Å². The summed E-state index contributed by atoms with van der Waals surface area (Å²) in [5.74, 6) is 0.138. The van der Waals surface area contributed by atoms with Gasteiger partial charge in [0.05, 0.1) is 0 Å². The Morgan fingerprint density at radius 1 is 1.00 bits per heavy atom. The van der Waals surface area contributed by atoms with E-state index in [0.717, 1.165) is 30.6 Å². The van der Waals surface area contributed by atoms with Gasteiger partial charge >= 0.3 is 0 Å². The molecule has 0 fully saturated rings. The zero-order chi connectivity index (χ0) is 13.2. The number of phenols is 2. The van der Waals surface area contributed by atoms with Crippen LogP contribution in [0.2, 0.25) is 0 Å². The summed E-state index contributed by atoms with van der Waals surface area (Å²) < 4.78 is 0. The Morgan fingerprint density at radius 3 is 2.45 bits per heavy atom. The standard InChI is InChI=1S/C16H17NO2.ClH/c18-15-8-12-6-7-17-10-14(13(12)9-16(15)19)11-4-2-1-3-5-11;/h1-5,8-9,14,17-19H,6-7,10H2;1H. The first-order valence-corrected chi connectivity index (χ1v) is 6.56. The molecule has 2 aromatic carbocycles. The maximum Gasteiger partial charge on any atom is 0.157 e. The summed E-state index contributed by atoms with van der Waals surface area (Å²) in [4.78, 5) is 0. The second kappa shape index (κ2) is 6.16. The first kappa shape index (κ1) is 14.7. The van der Waals surface area contributed by atoms with Gasteiger partial charge in [-0.25, -0.2) is 0 Å². The van der Waals surface area contributed by atoms with E-state index in [1.165, 1.54) is 5.56 Å². The third-order valence-electron chi connectivity index (χ3n) is 3.73. The Hall–Kier alpha value is -1.71. The van der Waals surface area contributed by atoms with Crippen LogP contribution in [0.4, 0.5) is 0 Å². The van der Waals surface area contributed by atoms with Crippen molar-refractivity contribution in [2.75, 3.05) is 13.1 Å². The summed E-state index contributed by atoms with van der Waals surface area (Å²) in [6.45, 7) is 1.74. The van der Waals surface area contributed by atoms with Crippen LogP contribution in [-0.2, 0) is 6.42 Å². The fraction of sp³-hybridized carbons (Fsp3) is 0.250. The van der Waals surface area contributed by atoms with E-state index in [1.807, 2.05) is 18.2 Å². The average Bonchev–Trinajstić information content (AvgIpc) is 2.63. The predicted molar refractivity (Wildman–Crippen MR) is 81.9 cm³/mol. The highest BCUT2D eigenvalue weighted by Crippen LogP contribution is 2.36. The van der Waals surface area contributed by atoms with Crippen molar-refractivity contribution in [2.24, 2.45) is 0 Å². The summed E-state index contributed by atoms with van der Waals surface area (Å²) in [5.41, 5.74) is 3.43. The fourth-order valence-electron chi connectivity index (χ4n) is 2.74. The largest absolute Gasteiger partial charge is 0.504 e. The summed E-state index contributed by atoms with van der Waals surface area (Å²) in [6, 6.07) is 13.7. The summed E-state index contributed by atoms with van der Waals surface area (Å²) in [5, 5.41) is 22.8. The van der Waals surface area contributed by atoms with E-state index in [4.69, 9.17) is 0 Å². The molecule has 0 amide bonds. The van der Waals surface area contributed by atoms with E-state index in [-0.39, 0.29) is 29.8 Å². The highest BCUT2D eigenvalue weighted by atomic mass is 35.5. The van der Waals surface area contributed by atoms with Crippen molar-refractivity contribution in [3.63, 3.8) is 0 Å². The topological polar surface area (TPSA) is 52.5 Å². The van der Waals surface area contributed by atoms with Gasteiger partial charge in [0.1, 0.15) is 0 Å². The van der Waals surface area contributed by atoms with Gasteiger partial charge in [-0.2, -0.15) is 0 Å². The molecule has 3 rings (SSSR count). The van der Waals surface area contributed by atoms with Gasteiger partial charge in [0.25, 0.3) is 0 Å². The van der Waals surface area contributed by atoms with Crippen LogP contribution in [0, 0.1) is 0 Å². The first-order chi connectivity index (χ1) is 9.25. The fourth-order valence-corrected chi connectivity index (χ4v) is 2.74. The Kier molecular flexibility index (Phi) is 4.53. The SMILES string of the molecule is Cl.Oc1cc2c(cc1O)C(c1ccccc1)CNCC2. The smallest absolute Gasteiger partial charge is 0.157 e. The maximum atomic E-state index is 9.76. The highest BCUT2D eigenvalue weighted by Gasteiger charge is 2.21. The van der Waals surface area contributed by atoms with Crippen molar-refractivity contribution in [1.29, 1.82) is 0 Å². The number of phenolic OH excluding ortho intramolecular Hbond substituents is 2. The molecule has 0 aromatic heterocycles. The van der Waals surface area contributed by atoms with E-state index in [9.17, 15) is 10.2 Å². The third kappa shape index (κ3) is 2.74. The molecule has 2 aromatic rings. The molecule has 1 aliphatic rings. The van der Waals surface area contributed by atoms with Crippen molar-refractivity contribution < 1.29 is 10.2 Å². The second-order valence-electron chi connectivity index (χ2n) is 4.96. The zero-order valence-electron chi connectivity index (χ0n) is 11.0. The normalized spacial score (nSPS) is 17.7. The average molecular weight is 292 g/mol. The molecule has 0 spiro atoms. The first-order valence-electron chi connectivity index (χ1n) is 6.56. The zero-order valence-corrected chi connectivity index (χ0v) is 11.9. The summed E-state index contributed by atoms with van der Waals surface area (Å²) in [7, 11) is 0. The molecule has 0 bridgehead atoms. The minimum absolute atomic E-state index is 0. The molecule has 0 saturated carbocycles. The van der Waals surface area contributed by atoms with Crippen molar-refractivity contribution >= 4 is 12.4 Å². The molecule has 1 heterocycles. The molecular formula is C16H18ClNO2. The molecule has 3 nitrogen and oxygen atoms in total. The van der Waals surface area contributed by atoms with Gasteiger partial charge in [0.2, 0.25) is 0 Å². The molecule has 1 atom stereocenters. The number of nitrogens with one attached hydrogen (secondary N) is 1. The van der Waals surface area contributed by atoms with E-state index in [1.54, 1.807) is 12.1 Å². The Morgan fingerprint density at radius 2 is 1.70 bits per heavy atom. The van der Waals surface area contributed by atoms with Crippen molar-refractivity contribution in [1.82, 2.24) is 5.32 Å². The number of rotatable bonds is 1. The molecule has 0 radical (unpaired) electrons. The van der Waals surface area contributed by atoms with Crippen LogP contribution >= 0.6 is 12.4 Å². The van der Waals surface area contributed by atoms with Gasteiger partial charge in [-0.1, -0.05) is 30.3 Å². The van der Waals surface area contributed by atoms with E-state index < -0.39 is 0 Å². The quantitative estimate of drug-likeness (QED) is 0.708. The van der Waals surface area contributed by atoms with Crippen LogP contribution in [-0.4, -0.2) is 23.3 Å².